The highest BCUT2D eigenvalue weighted by atomic mass is 15.2. The van der Waals surface area contributed by atoms with Crippen molar-refractivity contribution in [3.05, 3.63) is 29.8 Å². The van der Waals surface area contributed by atoms with E-state index in [-0.39, 0.29) is 0 Å². The van der Waals surface area contributed by atoms with Gasteiger partial charge in [-0.2, -0.15) is 0 Å². The van der Waals surface area contributed by atoms with E-state index in [0.717, 1.165) is 11.8 Å². The van der Waals surface area contributed by atoms with Crippen LogP contribution in [0.5, 0.6) is 0 Å². The number of aryl methyl sites for hydroxylation is 1. The third-order valence-corrected chi connectivity index (χ3v) is 4.42. The molecule has 1 heterocycles. The molecule has 3 rings (SSSR count). The Morgan fingerprint density at radius 2 is 2.11 bits per heavy atom. The maximum absolute atomic E-state index is 3.79. The Labute approximate surface area is 117 Å². The van der Waals surface area contributed by atoms with Gasteiger partial charge in [-0.3, -0.25) is 0 Å². The minimum absolute atomic E-state index is 0.671. The summed E-state index contributed by atoms with van der Waals surface area (Å²) in [5, 5.41) is 3.79. The van der Waals surface area contributed by atoms with Crippen LogP contribution in [0.15, 0.2) is 24.3 Å². The molecule has 1 aromatic rings. The first-order chi connectivity index (χ1) is 9.20. The van der Waals surface area contributed by atoms with E-state index in [1.54, 1.807) is 0 Å². The van der Waals surface area contributed by atoms with Crippen LogP contribution in [0.2, 0.25) is 0 Å². The quantitative estimate of drug-likeness (QED) is 0.892. The molecule has 0 amide bonds. The standard InChI is InChI=1S/C17H26N2/c1-13-4-3-5-17(9-13)19-11-14(2)8-16(12-19)18-10-15-6-7-15/h3-5,9,14-16,18H,6-8,10-12H2,1-2H3. The molecule has 0 radical (unpaired) electrons. The van der Waals surface area contributed by atoms with Gasteiger partial charge in [0, 0.05) is 24.8 Å². The number of benzene rings is 1. The van der Waals surface area contributed by atoms with Crippen LogP contribution in [0.25, 0.3) is 0 Å². The second-order valence-corrected chi connectivity index (χ2v) is 6.63. The van der Waals surface area contributed by atoms with E-state index in [0.29, 0.717) is 6.04 Å². The van der Waals surface area contributed by atoms with Gasteiger partial charge in [0.05, 0.1) is 0 Å². The Hall–Kier alpha value is -1.02. The summed E-state index contributed by atoms with van der Waals surface area (Å²) < 4.78 is 0. The van der Waals surface area contributed by atoms with E-state index in [4.69, 9.17) is 0 Å². The molecule has 2 heteroatoms. The average Bonchev–Trinajstić information content (AvgIpc) is 3.20. The second-order valence-electron chi connectivity index (χ2n) is 6.63. The number of rotatable bonds is 4. The molecule has 0 bridgehead atoms. The van der Waals surface area contributed by atoms with Gasteiger partial charge in [-0.1, -0.05) is 19.1 Å². The molecule has 1 aromatic carbocycles. The van der Waals surface area contributed by atoms with E-state index >= 15 is 0 Å². The fraction of sp³-hybridized carbons (Fsp3) is 0.647. The van der Waals surface area contributed by atoms with Crippen LogP contribution in [0.1, 0.15) is 31.7 Å². The van der Waals surface area contributed by atoms with Crippen LogP contribution in [0.4, 0.5) is 5.69 Å². The molecule has 1 saturated heterocycles. The van der Waals surface area contributed by atoms with Gasteiger partial charge in [0.25, 0.3) is 0 Å². The number of hydrogen-bond acceptors (Lipinski definition) is 2. The summed E-state index contributed by atoms with van der Waals surface area (Å²) in [4.78, 5) is 2.56. The molecule has 1 aliphatic carbocycles. The molecular formula is C17H26N2. The van der Waals surface area contributed by atoms with Gasteiger partial charge in [0.15, 0.2) is 0 Å². The van der Waals surface area contributed by atoms with E-state index in [1.807, 2.05) is 0 Å². The zero-order valence-corrected chi connectivity index (χ0v) is 12.2. The lowest BCUT2D eigenvalue weighted by molar-refractivity contribution is 0.348. The van der Waals surface area contributed by atoms with Crippen LogP contribution in [-0.4, -0.2) is 25.7 Å². The molecule has 19 heavy (non-hydrogen) atoms. The minimum atomic E-state index is 0.671. The largest absolute Gasteiger partial charge is 0.370 e. The van der Waals surface area contributed by atoms with Crippen molar-refractivity contribution in [1.29, 1.82) is 0 Å². The molecule has 2 unspecified atom stereocenters. The summed E-state index contributed by atoms with van der Waals surface area (Å²) in [6, 6.07) is 9.60. The first-order valence-corrected chi connectivity index (χ1v) is 7.75. The Kier molecular flexibility index (Phi) is 3.79. The molecule has 104 valence electrons. The van der Waals surface area contributed by atoms with E-state index in [2.05, 4.69) is 48.3 Å². The van der Waals surface area contributed by atoms with Crippen LogP contribution in [0.3, 0.4) is 0 Å². The summed E-state index contributed by atoms with van der Waals surface area (Å²) in [6.07, 6.45) is 4.21. The van der Waals surface area contributed by atoms with Crippen LogP contribution in [-0.2, 0) is 0 Å². The molecular weight excluding hydrogens is 232 g/mol. The Bertz CT molecular complexity index is 425. The number of hydrogen-bond donors (Lipinski definition) is 1. The molecule has 1 aliphatic heterocycles. The van der Waals surface area contributed by atoms with Crippen LogP contribution < -0.4 is 10.2 Å². The van der Waals surface area contributed by atoms with Gasteiger partial charge in [-0.15, -0.1) is 0 Å². The van der Waals surface area contributed by atoms with Crippen molar-refractivity contribution >= 4 is 5.69 Å². The van der Waals surface area contributed by atoms with Crippen molar-refractivity contribution in [2.75, 3.05) is 24.5 Å². The predicted molar refractivity (Wildman–Crippen MR) is 81.7 cm³/mol. The Morgan fingerprint density at radius 3 is 2.84 bits per heavy atom. The fourth-order valence-electron chi connectivity index (χ4n) is 3.19. The van der Waals surface area contributed by atoms with Crippen molar-refractivity contribution in [1.82, 2.24) is 5.32 Å². The molecule has 2 nitrogen and oxygen atoms in total. The lowest BCUT2D eigenvalue weighted by Gasteiger charge is -2.38. The van der Waals surface area contributed by atoms with Crippen molar-refractivity contribution in [2.24, 2.45) is 11.8 Å². The van der Waals surface area contributed by atoms with Gasteiger partial charge in [-0.05, 0) is 62.3 Å². The second kappa shape index (κ2) is 5.54. The highest BCUT2D eigenvalue weighted by Gasteiger charge is 2.27. The van der Waals surface area contributed by atoms with Gasteiger partial charge >= 0.3 is 0 Å². The third kappa shape index (κ3) is 3.50. The van der Waals surface area contributed by atoms with Crippen molar-refractivity contribution < 1.29 is 0 Å². The molecule has 2 aliphatic rings. The smallest absolute Gasteiger partial charge is 0.0369 e. The molecule has 2 fully saturated rings. The maximum Gasteiger partial charge on any atom is 0.0369 e. The van der Waals surface area contributed by atoms with Gasteiger partial charge in [-0.25, -0.2) is 0 Å². The number of nitrogens with zero attached hydrogens (tertiary/aromatic N) is 1. The SMILES string of the molecule is Cc1cccc(N2CC(C)CC(NCC3CC3)C2)c1. The first kappa shape index (κ1) is 13.0. The van der Waals surface area contributed by atoms with Gasteiger partial charge in [0.2, 0.25) is 0 Å². The molecule has 0 spiro atoms. The average molecular weight is 258 g/mol. The summed E-state index contributed by atoms with van der Waals surface area (Å²) in [5.74, 6) is 1.76. The number of anilines is 1. The van der Waals surface area contributed by atoms with Crippen molar-refractivity contribution in [2.45, 2.75) is 39.2 Å². The summed E-state index contributed by atoms with van der Waals surface area (Å²) >= 11 is 0. The van der Waals surface area contributed by atoms with E-state index < -0.39 is 0 Å². The lowest BCUT2D eigenvalue weighted by atomic mass is 9.95. The van der Waals surface area contributed by atoms with E-state index in [1.165, 1.54) is 50.1 Å². The molecule has 2 atom stereocenters. The Morgan fingerprint density at radius 1 is 1.26 bits per heavy atom. The van der Waals surface area contributed by atoms with Crippen molar-refractivity contribution in [3.8, 4) is 0 Å². The van der Waals surface area contributed by atoms with Crippen molar-refractivity contribution in [3.63, 3.8) is 0 Å². The molecule has 1 N–H and O–H groups in total. The lowest BCUT2D eigenvalue weighted by Crippen LogP contribution is -2.49. The van der Waals surface area contributed by atoms with Gasteiger partial charge < -0.3 is 10.2 Å². The van der Waals surface area contributed by atoms with Crippen LogP contribution >= 0.6 is 0 Å². The predicted octanol–water partition coefficient (Wildman–Crippen LogP) is 3.21. The topological polar surface area (TPSA) is 15.3 Å². The monoisotopic (exact) mass is 258 g/mol. The normalized spacial score (nSPS) is 27.6. The minimum Gasteiger partial charge on any atom is -0.370 e. The zero-order valence-electron chi connectivity index (χ0n) is 12.2. The third-order valence-electron chi connectivity index (χ3n) is 4.42. The van der Waals surface area contributed by atoms with Crippen LogP contribution in [0, 0.1) is 18.8 Å². The highest BCUT2D eigenvalue weighted by molar-refractivity contribution is 5.49. The maximum atomic E-state index is 3.79. The van der Waals surface area contributed by atoms with E-state index in [9.17, 15) is 0 Å². The van der Waals surface area contributed by atoms with Gasteiger partial charge in [0.1, 0.15) is 0 Å². The summed E-state index contributed by atoms with van der Waals surface area (Å²) in [6.45, 7) is 8.16. The highest BCUT2D eigenvalue weighted by Crippen LogP contribution is 2.29. The summed E-state index contributed by atoms with van der Waals surface area (Å²) in [5.41, 5.74) is 2.75. The first-order valence-electron chi connectivity index (χ1n) is 7.75. The number of nitrogens with one attached hydrogen (secondary N) is 1. The fourth-order valence-corrected chi connectivity index (χ4v) is 3.19. The number of piperidine rings is 1. The zero-order chi connectivity index (χ0) is 13.2. The Balaban J connectivity index is 1.63. The molecule has 1 saturated carbocycles. The summed E-state index contributed by atoms with van der Waals surface area (Å²) in [7, 11) is 0. The molecule has 0 aromatic heterocycles.